The number of hydrogen-bond donors (Lipinski definition) is 1. The smallest absolute Gasteiger partial charge is 0.302 e. The molecule has 1 amide bonds. The third-order valence-corrected chi connectivity index (χ3v) is 12.2. The zero-order valence-corrected chi connectivity index (χ0v) is 26.0. The first kappa shape index (κ1) is 30.1. The van der Waals surface area contributed by atoms with Crippen molar-refractivity contribution >= 4 is 17.8 Å². The van der Waals surface area contributed by atoms with Crippen LogP contribution < -0.4 is 5.32 Å². The lowest BCUT2D eigenvalue weighted by Crippen LogP contribution is -2.67. The van der Waals surface area contributed by atoms with Crippen LogP contribution in [-0.2, 0) is 19.1 Å². The van der Waals surface area contributed by atoms with Crippen molar-refractivity contribution in [2.45, 2.75) is 104 Å². The highest BCUT2D eigenvalue weighted by Gasteiger charge is 2.64. The molecule has 0 aromatic heterocycles. The molecule has 1 aromatic carbocycles. The van der Waals surface area contributed by atoms with E-state index in [2.05, 4.69) is 45.1 Å². The van der Waals surface area contributed by atoms with Crippen molar-refractivity contribution in [2.24, 2.45) is 40.4 Å². The highest BCUT2D eigenvalue weighted by molar-refractivity contribution is 5.94. The predicted octanol–water partition coefficient (Wildman–Crippen LogP) is 5.48. The Kier molecular flexibility index (Phi) is 8.32. The van der Waals surface area contributed by atoms with Crippen molar-refractivity contribution in [3.63, 3.8) is 0 Å². The van der Waals surface area contributed by atoms with Gasteiger partial charge in [-0.25, -0.2) is 0 Å². The number of ether oxygens (including phenoxy) is 2. The highest BCUT2D eigenvalue weighted by Crippen LogP contribution is 2.68. The first-order valence-electron chi connectivity index (χ1n) is 15.7. The number of amides is 1. The van der Waals surface area contributed by atoms with Gasteiger partial charge >= 0.3 is 11.9 Å². The van der Waals surface area contributed by atoms with Crippen molar-refractivity contribution < 1.29 is 23.9 Å². The fourth-order valence-corrected chi connectivity index (χ4v) is 10.2. The number of carbonyl (C=O) groups excluding carboxylic acids is 3. The maximum absolute atomic E-state index is 13.3. The fraction of sp³-hybridized carbons (Fsp3) is 0.735. The molecule has 4 saturated carbocycles. The molecule has 41 heavy (non-hydrogen) atoms. The zero-order chi connectivity index (χ0) is 29.7. The van der Waals surface area contributed by atoms with E-state index in [0.29, 0.717) is 47.1 Å². The summed E-state index contributed by atoms with van der Waals surface area (Å²) in [7, 11) is 4.41. The van der Waals surface area contributed by atoms with Gasteiger partial charge in [-0.2, -0.15) is 0 Å². The standard InChI is InChI=1S/C34H50N2O5/c1-20(36(6)7)25-15-16-26-24-13-14-28-31(41-22(3)38)30(35-32(39)23-11-9-8-10-12-23)29(40-21(2)37)19-34(28,5)27(24)17-18-33(25,26)4/h8-12,20,24-31H,13-19H2,1-7H3,(H,35,39)/t20-,24+,25+,26+,27-,28-,29-,30+,31+,33+,34+/m0/s1. The molecule has 0 bridgehead atoms. The lowest BCUT2D eigenvalue weighted by Gasteiger charge is -2.63. The third-order valence-electron chi connectivity index (χ3n) is 12.2. The molecule has 0 unspecified atom stereocenters. The van der Waals surface area contributed by atoms with Crippen LogP contribution in [0.3, 0.4) is 0 Å². The Labute approximate surface area is 246 Å². The van der Waals surface area contributed by atoms with E-state index in [0.717, 1.165) is 19.3 Å². The number of nitrogens with zero attached hydrogens (tertiary/aromatic N) is 1. The lowest BCUT2D eigenvalue weighted by molar-refractivity contribution is -0.202. The number of carbonyl (C=O) groups is 3. The molecule has 4 fully saturated rings. The van der Waals surface area contributed by atoms with E-state index < -0.39 is 18.2 Å². The molecule has 0 saturated heterocycles. The van der Waals surface area contributed by atoms with E-state index in [1.54, 1.807) is 12.1 Å². The molecule has 0 aliphatic heterocycles. The van der Waals surface area contributed by atoms with Gasteiger partial charge in [-0.1, -0.05) is 32.0 Å². The quantitative estimate of drug-likeness (QED) is 0.459. The Hall–Kier alpha value is -2.41. The molecule has 11 atom stereocenters. The molecular formula is C34H50N2O5. The summed E-state index contributed by atoms with van der Waals surface area (Å²) in [5, 5.41) is 3.14. The van der Waals surface area contributed by atoms with Gasteiger partial charge < -0.3 is 19.7 Å². The summed E-state index contributed by atoms with van der Waals surface area (Å²) in [6.07, 6.45) is 6.50. The minimum absolute atomic E-state index is 0.0859. The third kappa shape index (κ3) is 5.32. The second-order valence-corrected chi connectivity index (χ2v) is 14.3. The van der Waals surface area contributed by atoms with Gasteiger partial charge in [0, 0.05) is 31.4 Å². The Morgan fingerprint density at radius 2 is 1.51 bits per heavy atom. The van der Waals surface area contributed by atoms with Gasteiger partial charge in [0.05, 0.1) is 0 Å². The summed E-state index contributed by atoms with van der Waals surface area (Å²) in [4.78, 5) is 40.6. The van der Waals surface area contributed by atoms with E-state index in [-0.39, 0.29) is 29.2 Å². The number of esters is 2. The van der Waals surface area contributed by atoms with Crippen LogP contribution in [0.25, 0.3) is 0 Å². The second-order valence-electron chi connectivity index (χ2n) is 14.3. The highest BCUT2D eigenvalue weighted by atomic mass is 16.6. The van der Waals surface area contributed by atoms with Gasteiger partial charge in [-0.3, -0.25) is 14.4 Å². The largest absolute Gasteiger partial charge is 0.460 e. The molecule has 7 nitrogen and oxygen atoms in total. The summed E-state index contributed by atoms with van der Waals surface area (Å²) in [6, 6.07) is 9.00. The number of fused-ring (bicyclic) bond motifs is 5. The molecule has 1 aromatic rings. The average Bonchev–Trinajstić information content (AvgIpc) is 3.26. The normalized spacial score (nSPS) is 40.5. The van der Waals surface area contributed by atoms with Gasteiger partial charge in [0.2, 0.25) is 0 Å². The van der Waals surface area contributed by atoms with Gasteiger partial charge in [0.25, 0.3) is 5.91 Å². The molecule has 4 aliphatic carbocycles. The lowest BCUT2D eigenvalue weighted by atomic mass is 9.43. The molecule has 226 valence electrons. The Bertz CT molecular complexity index is 1140. The minimum Gasteiger partial charge on any atom is -0.460 e. The van der Waals surface area contributed by atoms with Crippen molar-refractivity contribution in [2.75, 3.05) is 14.1 Å². The van der Waals surface area contributed by atoms with Gasteiger partial charge in [0.1, 0.15) is 18.2 Å². The van der Waals surface area contributed by atoms with Gasteiger partial charge in [-0.15, -0.1) is 0 Å². The Balaban J connectivity index is 1.47. The maximum atomic E-state index is 13.3. The zero-order valence-electron chi connectivity index (χ0n) is 26.0. The van der Waals surface area contributed by atoms with E-state index in [1.165, 1.54) is 33.1 Å². The number of hydrogen-bond acceptors (Lipinski definition) is 6. The van der Waals surface area contributed by atoms with Crippen molar-refractivity contribution in [1.29, 1.82) is 0 Å². The van der Waals surface area contributed by atoms with E-state index in [1.807, 2.05) is 18.2 Å². The van der Waals surface area contributed by atoms with Crippen molar-refractivity contribution in [3.05, 3.63) is 35.9 Å². The number of nitrogens with one attached hydrogen (secondary N) is 1. The predicted molar refractivity (Wildman–Crippen MR) is 158 cm³/mol. The Morgan fingerprint density at radius 3 is 2.15 bits per heavy atom. The molecule has 7 heteroatoms. The van der Waals surface area contributed by atoms with Crippen LogP contribution in [0.15, 0.2) is 30.3 Å². The molecule has 0 spiro atoms. The molecule has 0 heterocycles. The van der Waals surface area contributed by atoms with Crippen LogP contribution in [0.1, 0.15) is 89.9 Å². The summed E-state index contributed by atoms with van der Waals surface area (Å²) in [5.74, 6) is 1.55. The van der Waals surface area contributed by atoms with Crippen LogP contribution in [0.2, 0.25) is 0 Å². The summed E-state index contributed by atoms with van der Waals surface area (Å²) < 4.78 is 12.1. The van der Waals surface area contributed by atoms with Crippen molar-refractivity contribution in [3.8, 4) is 0 Å². The van der Waals surface area contributed by atoms with Crippen LogP contribution in [0.5, 0.6) is 0 Å². The summed E-state index contributed by atoms with van der Waals surface area (Å²) in [6.45, 7) is 10.2. The van der Waals surface area contributed by atoms with E-state index in [4.69, 9.17) is 9.47 Å². The fourth-order valence-electron chi connectivity index (χ4n) is 10.2. The first-order chi connectivity index (χ1) is 19.4. The average molecular weight is 567 g/mol. The van der Waals surface area contributed by atoms with Gasteiger partial charge in [0.15, 0.2) is 0 Å². The molecule has 1 N–H and O–H groups in total. The van der Waals surface area contributed by atoms with E-state index in [9.17, 15) is 14.4 Å². The number of rotatable bonds is 6. The monoisotopic (exact) mass is 566 g/mol. The Morgan fingerprint density at radius 1 is 0.878 bits per heavy atom. The second kappa shape index (κ2) is 11.3. The summed E-state index contributed by atoms with van der Waals surface area (Å²) in [5.41, 5.74) is 0.699. The maximum Gasteiger partial charge on any atom is 0.302 e. The molecular weight excluding hydrogens is 516 g/mol. The van der Waals surface area contributed by atoms with Crippen LogP contribution in [0.4, 0.5) is 0 Å². The summed E-state index contributed by atoms with van der Waals surface area (Å²) >= 11 is 0. The van der Waals surface area contributed by atoms with E-state index >= 15 is 0 Å². The van der Waals surface area contributed by atoms with Crippen LogP contribution in [0, 0.1) is 40.4 Å². The molecule has 5 rings (SSSR count). The molecule has 4 aliphatic rings. The SMILES string of the molecule is CC(=O)O[C@H]1[C@H](NC(=O)c2ccccc2)[C@@H](OC(C)=O)C[C@]2(C)[C@H]3CC[C@@]4(C)[C@H](CC[C@@H]4[C@H](C)N(C)C)[C@H]3CC[C@@H]12. The topological polar surface area (TPSA) is 84.9 Å². The van der Waals surface area contributed by atoms with Crippen LogP contribution >= 0.6 is 0 Å². The van der Waals surface area contributed by atoms with Crippen molar-refractivity contribution in [1.82, 2.24) is 10.2 Å². The molecule has 0 radical (unpaired) electrons. The minimum atomic E-state index is -0.601. The van der Waals surface area contributed by atoms with Crippen LogP contribution in [-0.4, -0.2) is 61.1 Å². The van der Waals surface area contributed by atoms with Gasteiger partial charge in [-0.05, 0) is 113 Å². The first-order valence-corrected chi connectivity index (χ1v) is 15.7. The number of benzene rings is 1.